The molecule has 170 valence electrons. The second-order valence-electron chi connectivity index (χ2n) is 8.49. The SMILES string of the molecule is CNCCC[C@]1(C)CN(c2ccccc2)c2ccccc21.Cc1ccc(S(=O)(=O)O)cc1. The fourth-order valence-electron chi connectivity index (χ4n) is 4.16. The van der Waals surface area contributed by atoms with E-state index < -0.39 is 10.1 Å². The lowest BCUT2D eigenvalue weighted by Crippen LogP contribution is -2.29. The zero-order chi connectivity index (χ0) is 23.2. The zero-order valence-electron chi connectivity index (χ0n) is 19.0. The van der Waals surface area contributed by atoms with Gasteiger partial charge in [-0.05, 0) is 69.3 Å². The van der Waals surface area contributed by atoms with Crippen LogP contribution in [0, 0.1) is 6.92 Å². The van der Waals surface area contributed by atoms with Gasteiger partial charge < -0.3 is 10.2 Å². The van der Waals surface area contributed by atoms with Crippen LogP contribution in [-0.2, 0) is 15.5 Å². The Balaban J connectivity index is 0.000000222. The number of anilines is 2. The standard InChI is InChI=1S/C19H24N2.C7H8O3S/c1-19(13-8-14-20-2)15-21(16-9-4-3-5-10-16)18-12-7-6-11-17(18)19;1-6-2-4-7(5-3-6)11(8,9)10/h3-7,9-12,20H,8,13-15H2,1-2H3;2-5H,1H3,(H,8,9,10)/t19-;/m1./s1. The summed E-state index contributed by atoms with van der Waals surface area (Å²) in [4.78, 5) is 2.40. The molecule has 0 amide bonds. The van der Waals surface area contributed by atoms with Crippen molar-refractivity contribution < 1.29 is 13.0 Å². The lowest BCUT2D eigenvalue weighted by atomic mass is 9.80. The van der Waals surface area contributed by atoms with Crippen molar-refractivity contribution >= 4 is 21.5 Å². The van der Waals surface area contributed by atoms with Gasteiger partial charge in [-0.1, -0.05) is 61.0 Å². The molecule has 0 unspecified atom stereocenters. The molecule has 1 aliphatic heterocycles. The van der Waals surface area contributed by atoms with E-state index >= 15 is 0 Å². The zero-order valence-corrected chi connectivity index (χ0v) is 19.8. The Morgan fingerprint density at radius 1 is 0.969 bits per heavy atom. The van der Waals surface area contributed by atoms with E-state index in [1.54, 1.807) is 12.1 Å². The number of fused-ring (bicyclic) bond motifs is 1. The molecule has 1 aliphatic rings. The number of benzene rings is 3. The van der Waals surface area contributed by atoms with Gasteiger partial charge in [0, 0.05) is 23.3 Å². The second kappa shape index (κ2) is 10.3. The maximum atomic E-state index is 10.5. The largest absolute Gasteiger partial charge is 0.340 e. The highest BCUT2D eigenvalue weighted by Crippen LogP contribution is 2.46. The van der Waals surface area contributed by atoms with Crippen LogP contribution in [0.3, 0.4) is 0 Å². The number of para-hydroxylation sites is 2. The lowest BCUT2D eigenvalue weighted by molar-refractivity contribution is 0.445. The molecular formula is C26H32N2O3S. The molecule has 6 heteroatoms. The smallest absolute Gasteiger partial charge is 0.294 e. The van der Waals surface area contributed by atoms with Gasteiger partial charge in [-0.3, -0.25) is 4.55 Å². The van der Waals surface area contributed by atoms with E-state index in [0.29, 0.717) is 0 Å². The summed E-state index contributed by atoms with van der Waals surface area (Å²) in [5.74, 6) is 0. The predicted molar refractivity (Wildman–Crippen MR) is 131 cm³/mol. The maximum absolute atomic E-state index is 10.5. The van der Waals surface area contributed by atoms with Gasteiger partial charge in [0.25, 0.3) is 10.1 Å². The fraction of sp³-hybridized carbons (Fsp3) is 0.308. The summed E-state index contributed by atoms with van der Waals surface area (Å²) in [6.45, 7) is 6.40. The molecule has 3 aromatic carbocycles. The molecule has 0 radical (unpaired) electrons. The Morgan fingerprint density at radius 3 is 2.22 bits per heavy atom. The van der Waals surface area contributed by atoms with Crippen molar-refractivity contribution in [2.45, 2.75) is 37.0 Å². The molecule has 4 rings (SSSR count). The number of nitrogens with one attached hydrogen (secondary N) is 1. The van der Waals surface area contributed by atoms with Gasteiger partial charge in [0.15, 0.2) is 0 Å². The molecule has 0 spiro atoms. The highest BCUT2D eigenvalue weighted by Gasteiger charge is 2.38. The minimum absolute atomic E-state index is 0.0666. The Bertz CT molecular complexity index is 1120. The maximum Gasteiger partial charge on any atom is 0.294 e. The summed E-state index contributed by atoms with van der Waals surface area (Å²) in [7, 11) is -1.99. The Morgan fingerprint density at radius 2 is 1.59 bits per heavy atom. The average Bonchev–Trinajstić information content (AvgIpc) is 3.08. The van der Waals surface area contributed by atoms with Crippen molar-refractivity contribution in [3.05, 3.63) is 90.0 Å². The van der Waals surface area contributed by atoms with Crippen molar-refractivity contribution in [2.75, 3.05) is 25.0 Å². The molecule has 3 aromatic rings. The monoisotopic (exact) mass is 452 g/mol. The first kappa shape index (κ1) is 24.0. The summed E-state index contributed by atoms with van der Waals surface area (Å²) in [5.41, 5.74) is 5.35. The Labute approximate surface area is 191 Å². The van der Waals surface area contributed by atoms with Crippen LogP contribution in [0.4, 0.5) is 11.4 Å². The number of aryl methyl sites for hydroxylation is 1. The van der Waals surface area contributed by atoms with Crippen LogP contribution in [0.25, 0.3) is 0 Å². The van der Waals surface area contributed by atoms with Gasteiger partial charge >= 0.3 is 0 Å². The van der Waals surface area contributed by atoms with E-state index in [1.807, 2.05) is 14.0 Å². The minimum Gasteiger partial charge on any atom is -0.340 e. The van der Waals surface area contributed by atoms with Crippen LogP contribution in [0.5, 0.6) is 0 Å². The van der Waals surface area contributed by atoms with Crippen molar-refractivity contribution in [1.82, 2.24) is 5.32 Å². The molecule has 0 aromatic heterocycles. The topological polar surface area (TPSA) is 69.6 Å². The molecule has 0 bridgehead atoms. The van der Waals surface area contributed by atoms with E-state index in [4.69, 9.17) is 4.55 Å². The van der Waals surface area contributed by atoms with E-state index in [1.165, 1.54) is 41.9 Å². The molecule has 0 saturated carbocycles. The first-order valence-electron chi connectivity index (χ1n) is 10.9. The van der Waals surface area contributed by atoms with Gasteiger partial charge in [-0.2, -0.15) is 8.42 Å². The lowest BCUT2D eigenvalue weighted by Gasteiger charge is -2.26. The number of rotatable bonds is 6. The highest BCUT2D eigenvalue weighted by atomic mass is 32.2. The molecule has 0 aliphatic carbocycles. The van der Waals surface area contributed by atoms with E-state index in [9.17, 15) is 8.42 Å². The minimum atomic E-state index is -4.02. The van der Waals surface area contributed by atoms with Gasteiger partial charge in [0.05, 0.1) is 4.90 Å². The first-order valence-corrected chi connectivity index (χ1v) is 12.3. The number of hydrogen-bond acceptors (Lipinski definition) is 4. The second-order valence-corrected chi connectivity index (χ2v) is 9.92. The van der Waals surface area contributed by atoms with Gasteiger partial charge in [-0.15, -0.1) is 0 Å². The average molecular weight is 453 g/mol. The number of nitrogens with zero attached hydrogens (tertiary/aromatic N) is 1. The van der Waals surface area contributed by atoms with Crippen LogP contribution >= 0.6 is 0 Å². The van der Waals surface area contributed by atoms with Crippen LogP contribution in [0.2, 0.25) is 0 Å². The molecule has 2 N–H and O–H groups in total. The van der Waals surface area contributed by atoms with Crippen LogP contribution in [0.15, 0.2) is 83.8 Å². The summed E-state index contributed by atoms with van der Waals surface area (Å²) >= 11 is 0. The molecular weight excluding hydrogens is 420 g/mol. The quantitative estimate of drug-likeness (QED) is 0.390. The van der Waals surface area contributed by atoms with Crippen LogP contribution in [-0.4, -0.2) is 33.1 Å². The van der Waals surface area contributed by atoms with Crippen molar-refractivity contribution in [1.29, 1.82) is 0 Å². The molecule has 32 heavy (non-hydrogen) atoms. The van der Waals surface area contributed by atoms with E-state index in [0.717, 1.165) is 18.7 Å². The fourth-order valence-corrected chi connectivity index (χ4v) is 4.64. The van der Waals surface area contributed by atoms with Crippen molar-refractivity contribution in [3.63, 3.8) is 0 Å². The van der Waals surface area contributed by atoms with Crippen molar-refractivity contribution in [3.8, 4) is 0 Å². The molecule has 1 heterocycles. The van der Waals surface area contributed by atoms with Crippen molar-refractivity contribution in [2.24, 2.45) is 0 Å². The highest BCUT2D eigenvalue weighted by molar-refractivity contribution is 7.85. The van der Waals surface area contributed by atoms with Crippen LogP contribution in [0.1, 0.15) is 30.9 Å². The van der Waals surface area contributed by atoms with Gasteiger partial charge in [0.1, 0.15) is 0 Å². The Kier molecular flexibility index (Phi) is 7.72. The summed E-state index contributed by atoms with van der Waals surface area (Å²) in [6, 6.07) is 25.6. The molecule has 5 nitrogen and oxygen atoms in total. The summed E-state index contributed by atoms with van der Waals surface area (Å²) in [5, 5.41) is 3.26. The number of hydrogen-bond donors (Lipinski definition) is 2. The third-order valence-corrected chi connectivity index (χ3v) is 6.76. The van der Waals surface area contributed by atoms with E-state index in [-0.39, 0.29) is 10.3 Å². The van der Waals surface area contributed by atoms with Gasteiger partial charge in [0.2, 0.25) is 0 Å². The predicted octanol–water partition coefficient (Wildman–Crippen LogP) is 5.34. The summed E-state index contributed by atoms with van der Waals surface area (Å²) < 4.78 is 29.6. The summed E-state index contributed by atoms with van der Waals surface area (Å²) in [6.07, 6.45) is 2.43. The molecule has 0 fully saturated rings. The normalized spacial score (nSPS) is 17.4. The molecule has 1 atom stereocenters. The van der Waals surface area contributed by atoms with Crippen LogP contribution < -0.4 is 10.2 Å². The third kappa shape index (κ3) is 5.76. The van der Waals surface area contributed by atoms with Gasteiger partial charge in [-0.25, -0.2) is 0 Å². The third-order valence-electron chi connectivity index (χ3n) is 5.89. The van der Waals surface area contributed by atoms with E-state index in [2.05, 4.69) is 71.7 Å². The Hall–Kier alpha value is -2.67. The first-order chi connectivity index (χ1) is 15.2. The molecule has 0 saturated heterocycles.